The number of benzene rings is 1. The van der Waals surface area contributed by atoms with Crippen LogP contribution in [0.15, 0.2) is 24.3 Å². The molecule has 0 radical (unpaired) electrons. The first-order valence-electron chi connectivity index (χ1n) is 7.27. The maximum atomic E-state index is 13.1. The van der Waals surface area contributed by atoms with Gasteiger partial charge in [0.15, 0.2) is 0 Å². The molecule has 0 aliphatic heterocycles. The number of likely N-dealkylation sites (N-methyl/N-ethyl adjacent to an activating group) is 1. The summed E-state index contributed by atoms with van der Waals surface area (Å²) in [7, 11) is 2.13. The van der Waals surface area contributed by atoms with Crippen molar-refractivity contribution in [3.05, 3.63) is 35.6 Å². The van der Waals surface area contributed by atoms with Crippen molar-refractivity contribution in [1.29, 1.82) is 0 Å². The number of halogens is 1. The topological polar surface area (TPSA) is 29.3 Å². The largest absolute Gasteiger partial charge is 0.326 e. The molecule has 0 aromatic heterocycles. The molecule has 20 heavy (non-hydrogen) atoms. The van der Waals surface area contributed by atoms with Crippen LogP contribution in [0, 0.1) is 5.82 Å². The molecule has 0 fully saturated rings. The Morgan fingerprint density at radius 3 is 2.25 bits per heavy atom. The summed E-state index contributed by atoms with van der Waals surface area (Å²) in [5.74, 6) is 0.887. The summed E-state index contributed by atoms with van der Waals surface area (Å²) < 4.78 is 13.1. The van der Waals surface area contributed by atoms with Crippen molar-refractivity contribution in [2.75, 3.05) is 19.1 Å². The fourth-order valence-corrected chi connectivity index (χ4v) is 3.47. The third-order valence-corrected chi connectivity index (χ3v) is 4.65. The van der Waals surface area contributed by atoms with Gasteiger partial charge >= 0.3 is 0 Å². The molecule has 2 nitrogen and oxygen atoms in total. The van der Waals surface area contributed by atoms with Crippen molar-refractivity contribution in [3.63, 3.8) is 0 Å². The summed E-state index contributed by atoms with van der Waals surface area (Å²) in [4.78, 5) is 2.36. The minimum absolute atomic E-state index is 0.0568. The van der Waals surface area contributed by atoms with E-state index < -0.39 is 0 Å². The first-order valence-corrected chi connectivity index (χ1v) is 8.66. The van der Waals surface area contributed by atoms with Gasteiger partial charge in [0.25, 0.3) is 0 Å². The van der Waals surface area contributed by atoms with Gasteiger partial charge in [-0.05, 0) is 43.8 Å². The molecule has 114 valence electrons. The third-order valence-electron chi connectivity index (χ3n) is 3.93. The van der Waals surface area contributed by atoms with E-state index in [0.29, 0.717) is 6.04 Å². The third kappa shape index (κ3) is 4.47. The van der Waals surface area contributed by atoms with Gasteiger partial charge in [-0.1, -0.05) is 26.0 Å². The van der Waals surface area contributed by atoms with E-state index in [1.165, 1.54) is 12.1 Å². The summed E-state index contributed by atoms with van der Waals surface area (Å²) in [6.07, 6.45) is 4.12. The van der Waals surface area contributed by atoms with Crippen LogP contribution >= 0.6 is 11.8 Å². The summed E-state index contributed by atoms with van der Waals surface area (Å²) in [5.41, 5.74) is 7.43. The smallest absolute Gasteiger partial charge is 0.123 e. The van der Waals surface area contributed by atoms with Crippen LogP contribution in [0.5, 0.6) is 0 Å². The van der Waals surface area contributed by atoms with E-state index in [1.54, 1.807) is 0 Å². The van der Waals surface area contributed by atoms with E-state index in [1.807, 2.05) is 23.9 Å². The molecular formula is C16H27FN2S. The molecule has 1 aromatic rings. The lowest BCUT2D eigenvalue weighted by molar-refractivity contribution is 0.157. The predicted octanol–water partition coefficient (Wildman–Crippen LogP) is 3.68. The fourth-order valence-electron chi connectivity index (χ4n) is 2.61. The van der Waals surface area contributed by atoms with Gasteiger partial charge in [-0.2, -0.15) is 11.8 Å². The lowest BCUT2D eigenvalue weighted by atomic mass is 9.95. The molecule has 4 heteroatoms. The normalized spacial score (nSPS) is 16.1. The lowest BCUT2D eigenvalue weighted by Crippen LogP contribution is -2.44. The van der Waals surface area contributed by atoms with Gasteiger partial charge in [0.2, 0.25) is 0 Å². The number of hydrogen-bond acceptors (Lipinski definition) is 3. The van der Waals surface area contributed by atoms with Crippen LogP contribution < -0.4 is 5.73 Å². The molecule has 0 aliphatic rings. The Bertz CT molecular complexity index is 383. The zero-order valence-corrected chi connectivity index (χ0v) is 13.8. The van der Waals surface area contributed by atoms with Crippen molar-refractivity contribution >= 4 is 11.8 Å². The zero-order valence-electron chi connectivity index (χ0n) is 13.0. The highest BCUT2D eigenvalue weighted by atomic mass is 32.2. The Hall–Kier alpha value is -0.580. The van der Waals surface area contributed by atoms with E-state index in [-0.39, 0.29) is 17.9 Å². The van der Waals surface area contributed by atoms with E-state index >= 15 is 0 Å². The number of hydrogen-bond donors (Lipinski definition) is 1. The second-order valence-corrected chi connectivity index (χ2v) is 6.16. The maximum Gasteiger partial charge on any atom is 0.123 e. The zero-order chi connectivity index (χ0) is 15.1. The second-order valence-electron chi connectivity index (χ2n) is 5.25. The average molecular weight is 298 g/mol. The molecule has 3 unspecified atom stereocenters. The average Bonchev–Trinajstić information content (AvgIpc) is 2.46. The van der Waals surface area contributed by atoms with Crippen LogP contribution in [0.3, 0.4) is 0 Å². The SMILES string of the molecule is CCC(N)C(c1ccc(F)cc1)N(C)C(CC)CSC. The van der Waals surface area contributed by atoms with Crippen molar-refractivity contribution in [2.24, 2.45) is 5.73 Å². The van der Waals surface area contributed by atoms with Gasteiger partial charge < -0.3 is 5.73 Å². The van der Waals surface area contributed by atoms with Crippen LogP contribution in [-0.2, 0) is 0 Å². The number of nitrogens with zero attached hydrogens (tertiary/aromatic N) is 1. The Morgan fingerprint density at radius 1 is 1.20 bits per heavy atom. The minimum Gasteiger partial charge on any atom is -0.326 e. The number of rotatable bonds is 8. The van der Waals surface area contributed by atoms with Crippen LogP contribution in [-0.4, -0.2) is 36.0 Å². The molecule has 0 spiro atoms. The number of nitrogens with two attached hydrogens (primary N) is 1. The molecular weight excluding hydrogens is 271 g/mol. The van der Waals surface area contributed by atoms with Gasteiger partial charge in [0.1, 0.15) is 5.82 Å². The minimum atomic E-state index is -0.198. The predicted molar refractivity (Wildman–Crippen MR) is 87.6 cm³/mol. The molecule has 3 atom stereocenters. The van der Waals surface area contributed by atoms with Crippen LogP contribution in [0.25, 0.3) is 0 Å². The Balaban J connectivity index is 3.02. The molecule has 1 aromatic carbocycles. The van der Waals surface area contributed by atoms with Crippen LogP contribution in [0.1, 0.15) is 38.3 Å². The number of thioether (sulfide) groups is 1. The van der Waals surface area contributed by atoms with Crippen molar-refractivity contribution < 1.29 is 4.39 Å². The molecule has 0 aliphatic carbocycles. The standard InChI is InChI=1S/C16H27FN2S/c1-5-14(11-20-4)19(3)16(15(18)6-2)12-7-9-13(17)10-8-12/h7-10,14-16H,5-6,11,18H2,1-4H3. The monoisotopic (exact) mass is 298 g/mol. The first-order chi connectivity index (χ1) is 9.54. The Labute approximate surface area is 126 Å². The van der Waals surface area contributed by atoms with Gasteiger partial charge in [0.05, 0.1) is 0 Å². The molecule has 0 amide bonds. The van der Waals surface area contributed by atoms with Gasteiger partial charge in [-0.15, -0.1) is 0 Å². The Morgan fingerprint density at radius 2 is 1.80 bits per heavy atom. The van der Waals surface area contributed by atoms with E-state index in [4.69, 9.17) is 5.73 Å². The molecule has 1 rings (SSSR count). The molecule has 2 N–H and O–H groups in total. The molecule has 0 saturated heterocycles. The van der Waals surface area contributed by atoms with Crippen molar-refractivity contribution in [3.8, 4) is 0 Å². The van der Waals surface area contributed by atoms with E-state index in [0.717, 1.165) is 24.2 Å². The summed E-state index contributed by atoms with van der Waals surface area (Å²) in [6, 6.07) is 7.44. The molecule has 0 bridgehead atoms. The second kappa shape index (κ2) is 8.65. The quantitative estimate of drug-likeness (QED) is 0.794. The van der Waals surface area contributed by atoms with Crippen LogP contribution in [0.4, 0.5) is 4.39 Å². The summed E-state index contributed by atoms with van der Waals surface area (Å²) in [5, 5.41) is 0. The van der Waals surface area contributed by atoms with E-state index in [2.05, 4.69) is 32.1 Å². The van der Waals surface area contributed by atoms with Gasteiger partial charge in [0, 0.05) is 23.9 Å². The maximum absolute atomic E-state index is 13.1. The lowest BCUT2D eigenvalue weighted by Gasteiger charge is -2.38. The van der Waals surface area contributed by atoms with Crippen LogP contribution in [0.2, 0.25) is 0 Å². The van der Waals surface area contributed by atoms with Crippen molar-refractivity contribution in [2.45, 2.75) is 44.8 Å². The van der Waals surface area contributed by atoms with Crippen molar-refractivity contribution in [1.82, 2.24) is 4.90 Å². The molecule has 0 saturated carbocycles. The Kier molecular flexibility index (Phi) is 7.56. The molecule has 0 heterocycles. The highest BCUT2D eigenvalue weighted by Gasteiger charge is 2.27. The summed E-state index contributed by atoms with van der Waals surface area (Å²) >= 11 is 1.85. The van der Waals surface area contributed by atoms with Gasteiger partial charge in [-0.25, -0.2) is 4.39 Å². The first kappa shape index (κ1) is 17.5. The fraction of sp³-hybridized carbons (Fsp3) is 0.625. The highest BCUT2D eigenvalue weighted by molar-refractivity contribution is 7.98. The highest BCUT2D eigenvalue weighted by Crippen LogP contribution is 2.27. The van der Waals surface area contributed by atoms with Gasteiger partial charge in [-0.3, -0.25) is 4.90 Å². The summed E-state index contributed by atoms with van der Waals surface area (Å²) in [6.45, 7) is 4.31. The van der Waals surface area contributed by atoms with E-state index in [9.17, 15) is 4.39 Å².